The molecule has 3 aliphatic heterocycles. The highest BCUT2D eigenvalue weighted by Crippen LogP contribution is 2.47. The van der Waals surface area contributed by atoms with Gasteiger partial charge in [0.05, 0.1) is 0 Å². The minimum atomic E-state index is -1.84. The number of aryl methyl sites for hydroxylation is 2. The van der Waals surface area contributed by atoms with E-state index < -0.39 is 8.07 Å². The summed E-state index contributed by atoms with van der Waals surface area (Å²) in [5.41, 5.74) is 22.1. The van der Waals surface area contributed by atoms with Crippen LogP contribution in [-0.4, -0.2) is 14.8 Å². The molecule has 3 heterocycles. The summed E-state index contributed by atoms with van der Waals surface area (Å²) < 4.78 is 0. The van der Waals surface area contributed by atoms with Gasteiger partial charge < -0.3 is 14.7 Å². The first-order valence-corrected chi connectivity index (χ1v) is 26.1. The van der Waals surface area contributed by atoms with Crippen molar-refractivity contribution < 1.29 is 0 Å². The van der Waals surface area contributed by atoms with E-state index in [1.807, 2.05) is 0 Å². The Kier molecular flexibility index (Phi) is 8.95. The standard InChI is InChI=1S/C58H52BN3Si/c1-39-23-33-50-48(35-39)59-49-36-40(2)24-34-51(49)61(55-38-44(41-15-7-5-8-16-41)37-54(58(55)59)60(50)45-17-9-6-10-18-45)46-29-25-42(26-30-46)43-27-31-47(32-28-43)62-52-19-11-13-21-56(52)63(3,4)57-22-14-12-20-53(57)62/h6,9-14,17-38,41H,5,7-8,15-16H2,1-4H3. The van der Waals surface area contributed by atoms with Gasteiger partial charge >= 0.3 is 0 Å². The van der Waals surface area contributed by atoms with E-state index in [0.717, 1.165) is 0 Å². The summed E-state index contributed by atoms with van der Waals surface area (Å²) in [6.45, 7) is 9.58. The van der Waals surface area contributed by atoms with Gasteiger partial charge in [0.2, 0.25) is 0 Å². The molecular weight excluding hydrogens is 778 g/mol. The minimum Gasteiger partial charge on any atom is -0.311 e. The van der Waals surface area contributed by atoms with Crippen LogP contribution in [-0.2, 0) is 0 Å². The van der Waals surface area contributed by atoms with Crippen LogP contribution in [0.15, 0.2) is 176 Å². The zero-order valence-electron chi connectivity index (χ0n) is 36.8. The third-order valence-corrected chi connectivity index (χ3v) is 18.2. The van der Waals surface area contributed by atoms with Gasteiger partial charge in [0, 0.05) is 51.2 Å². The molecule has 0 saturated heterocycles. The Morgan fingerprint density at radius 2 is 0.873 bits per heavy atom. The number of rotatable bonds is 5. The number of fused-ring (bicyclic) bond motifs is 6. The molecule has 3 nitrogen and oxygen atoms in total. The van der Waals surface area contributed by atoms with E-state index in [2.05, 4.69) is 218 Å². The van der Waals surface area contributed by atoms with Crippen LogP contribution in [0.2, 0.25) is 13.1 Å². The van der Waals surface area contributed by atoms with Crippen LogP contribution in [0, 0.1) is 13.8 Å². The molecule has 0 atom stereocenters. The first kappa shape index (κ1) is 38.1. The molecule has 63 heavy (non-hydrogen) atoms. The molecule has 0 aromatic heterocycles. The van der Waals surface area contributed by atoms with Gasteiger partial charge in [0.15, 0.2) is 0 Å². The lowest BCUT2D eigenvalue weighted by Gasteiger charge is -2.45. The Morgan fingerprint density at radius 1 is 0.429 bits per heavy atom. The lowest BCUT2D eigenvalue weighted by atomic mass is 9.33. The molecule has 0 amide bonds. The molecule has 0 unspecified atom stereocenters. The summed E-state index contributed by atoms with van der Waals surface area (Å²) in [7, 11) is -1.84. The fourth-order valence-corrected chi connectivity index (χ4v) is 14.6. The topological polar surface area (TPSA) is 9.72 Å². The third kappa shape index (κ3) is 6.08. The molecule has 0 N–H and O–H groups in total. The maximum Gasteiger partial charge on any atom is 0.252 e. The molecule has 0 bridgehead atoms. The van der Waals surface area contributed by atoms with Crippen molar-refractivity contribution in [2.45, 2.75) is 65.0 Å². The summed E-state index contributed by atoms with van der Waals surface area (Å²) in [6.07, 6.45) is 6.45. The number of hydrogen-bond acceptors (Lipinski definition) is 3. The summed E-state index contributed by atoms with van der Waals surface area (Å²) in [5, 5.41) is 2.98. The van der Waals surface area contributed by atoms with Crippen molar-refractivity contribution in [3.05, 3.63) is 193 Å². The van der Waals surface area contributed by atoms with Crippen molar-refractivity contribution in [3.63, 3.8) is 0 Å². The summed E-state index contributed by atoms with van der Waals surface area (Å²) in [4.78, 5) is 7.62. The van der Waals surface area contributed by atoms with E-state index in [-0.39, 0.29) is 6.71 Å². The maximum absolute atomic E-state index is 2.59. The van der Waals surface area contributed by atoms with Gasteiger partial charge in [-0.05, 0) is 149 Å². The lowest BCUT2D eigenvalue weighted by Crippen LogP contribution is -2.61. The number of anilines is 9. The van der Waals surface area contributed by atoms with Crippen LogP contribution in [0.3, 0.4) is 0 Å². The molecule has 1 saturated carbocycles. The normalized spacial score (nSPS) is 15.9. The van der Waals surface area contributed by atoms with Gasteiger partial charge in [-0.1, -0.05) is 147 Å². The number of benzene rings is 8. The van der Waals surface area contributed by atoms with Crippen molar-refractivity contribution in [3.8, 4) is 11.1 Å². The van der Waals surface area contributed by atoms with Gasteiger partial charge in [-0.2, -0.15) is 0 Å². The van der Waals surface area contributed by atoms with Gasteiger partial charge in [-0.15, -0.1) is 0 Å². The van der Waals surface area contributed by atoms with E-state index in [1.54, 1.807) is 0 Å². The Balaban J connectivity index is 0.982. The van der Waals surface area contributed by atoms with Crippen LogP contribution in [0.5, 0.6) is 0 Å². The van der Waals surface area contributed by atoms with Gasteiger partial charge in [-0.25, -0.2) is 0 Å². The van der Waals surface area contributed by atoms with E-state index in [9.17, 15) is 0 Å². The Morgan fingerprint density at radius 3 is 1.38 bits per heavy atom. The Labute approximate surface area is 374 Å². The van der Waals surface area contributed by atoms with Gasteiger partial charge in [-0.3, -0.25) is 0 Å². The molecule has 5 heteroatoms. The molecule has 306 valence electrons. The van der Waals surface area contributed by atoms with Gasteiger partial charge in [0.1, 0.15) is 8.07 Å². The first-order valence-electron chi connectivity index (χ1n) is 23.1. The molecule has 0 spiro atoms. The number of nitrogens with zero attached hydrogens (tertiary/aromatic N) is 3. The predicted octanol–water partition coefficient (Wildman–Crippen LogP) is 12.7. The van der Waals surface area contributed by atoms with Crippen molar-refractivity contribution in [1.82, 2.24) is 0 Å². The third-order valence-electron chi connectivity index (χ3n) is 14.7. The zero-order chi connectivity index (χ0) is 42.4. The fourth-order valence-electron chi connectivity index (χ4n) is 11.6. The SMILES string of the molecule is Cc1ccc2c(c1)B1c3cc(C)ccc3N(c3ccc(-c4ccc(N5c6ccccc6[Si](C)(C)c6ccccc65)cc4)cc3)c3cc(C4CCCCC4)cc(c31)N2c1ccccc1. The zero-order valence-corrected chi connectivity index (χ0v) is 37.8. The molecule has 1 aliphatic carbocycles. The highest BCUT2D eigenvalue weighted by atomic mass is 28.3. The smallest absolute Gasteiger partial charge is 0.252 e. The van der Waals surface area contributed by atoms with Crippen molar-refractivity contribution >= 4 is 92.7 Å². The number of para-hydroxylation sites is 3. The molecule has 4 aliphatic rings. The summed E-state index contributed by atoms with van der Waals surface area (Å²) in [6, 6.07) is 67.1. The van der Waals surface area contributed by atoms with E-state index in [0.29, 0.717) is 5.92 Å². The van der Waals surface area contributed by atoms with Crippen LogP contribution >= 0.6 is 0 Å². The quantitative estimate of drug-likeness (QED) is 0.160. The maximum atomic E-state index is 2.59. The second-order valence-corrected chi connectivity index (χ2v) is 23.3. The van der Waals surface area contributed by atoms with Crippen LogP contribution < -0.4 is 41.5 Å². The van der Waals surface area contributed by atoms with Crippen molar-refractivity contribution in [1.29, 1.82) is 0 Å². The molecule has 12 rings (SSSR count). The Hall–Kier alpha value is -6.56. The minimum absolute atomic E-state index is 0.126. The fraction of sp³-hybridized carbons (Fsp3) is 0.172. The predicted molar refractivity (Wildman–Crippen MR) is 273 cm³/mol. The molecule has 8 aromatic rings. The number of hydrogen-bond donors (Lipinski definition) is 0. The second-order valence-electron chi connectivity index (χ2n) is 19.0. The monoisotopic (exact) mass is 829 g/mol. The van der Waals surface area contributed by atoms with Crippen molar-refractivity contribution in [2.75, 3.05) is 14.7 Å². The first-order chi connectivity index (χ1) is 30.8. The average Bonchev–Trinajstić information content (AvgIpc) is 3.32. The Bertz CT molecular complexity index is 3010. The van der Waals surface area contributed by atoms with Crippen LogP contribution in [0.1, 0.15) is 54.7 Å². The van der Waals surface area contributed by atoms with Crippen molar-refractivity contribution in [2.24, 2.45) is 0 Å². The largest absolute Gasteiger partial charge is 0.311 e. The molecule has 8 aromatic carbocycles. The van der Waals surface area contributed by atoms with Crippen LogP contribution in [0.4, 0.5) is 51.2 Å². The summed E-state index contributed by atoms with van der Waals surface area (Å²) >= 11 is 0. The second kappa shape index (κ2) is 14.8. The van der Waals surface area contributed by atoms with E-state index >= 15 is 0 Å². The summed E-state index contributed by atoms with van der Waals surface area (Å²) in [5.74, 6) is 0.558. The highest BCUT2D eigenvalue weighted by molar-refractivity contribution is 7.03. The molecular formula is C58H52BN3Si. The molecule has 1 fully saturated rings. The molecule has 0 radical (unpaired) electrons. The lowest BCUT2D eigenvalue weighted by molar-refractivity contribution is 0.444. The highest BCUT2D eigenvalue weighted by Gasteiger charge is 2.44. The van der Waals surface area contributed by atoms with Gasteiger partial charge in [0.25, 0.3) is 6.71 Å². The van der Waals surface area contributed by atoms with E-state index in [1.165, 1.54) is 138 Å². The average molecular weight is 830 g/mol. The van der Waals surface area contributed by atoms with E-state index in [4.69, 9.17) is 0 Å². The van der Waals surface area contributed by atoms with Crippen LogP contribution in [0.25, 0.3) is 11.1 Å².